The Morgan fingerprint density at radius 1 is 1.16 bits per heavy atom. The molecule has 0 radical (unpaired) electrons. The zero-order valence-corrected chi connectivity index (χ0v) is 20.4. The number of ether oxygens (including phenoxy) is 2. The van der Waals surface area contributed by atoms with Crippen LogP contribution in [0.4, 0.5) is 27.8 Å². The third kappa shape index (κ3) is 6.51. The van der Waals surface area contributed by atoms with Gasteiger partial charge < -0.3 is 14.8 Å². The lowest BCUT2D eigenvalue weighted by atomic mass is 10.0. The summed E-state index contributed by atoms with van der Waals surface area (Å²) in [4.78, 5) is 21.6. The molecule has 1 aromatic carbocycles. The maximum atomic E-state index is 14.8. The second-order valence-electron chi connectivity index (χ2n) is 9.03. The summed E-state index contributed by atoms with van der Waals surface area (Å²) in [7, 11) is 0. The van der Waals surface area contributed by atoms with Gasteiger partial charge in [-0.3, -0.25) is 10.2 Å². The quantitative estimate of drug-likeness (QED) is 0.491. The van der Waals surface area contributed by atoms with Crippen molar-refractivity contribution in [2.24, 2.45) is 0 Å². The van der Waals surface area contributed by atoms with E-state index < -0.39 is 42.0 Å². The Balaban J connectivity index is 1.58. The lowest BCUT2D eigenvalue weighted by molar-refractivity contribution is -0.129. The number of piperidine rings is 1. The van der Waals surface area contributed by atoms with Crippen LogP contribution in [0.5, 0.6) is 0 Å². The highest BCUT2D eigenvalue weighted by Crippen LogP contribution is 2.35. The fourth-order valence-electron chi connectivity index (χ4n) is 4.32. The number of hydrogen-bond acceptors (Lipinski definition) is 7. The Bertz CT molecular complexity index is 1120. The lowest BCUT2D eigenvalue weighted by Gasteiger charge is -2.31. The average Bonchev–Trinajstić information content (AvgIpc) is 3.34. The van der Waals surface area contributed by atoms with Crippen molar-refractivity contribution in [2.75, 3.05) is 31.6 Å². The molecular formula is C24H28F5N5O3. The normalized spacial score (nSPS) is 19.2. The Morgan fingerprint density at radius 3 is 2.46 bits per heavy atom. The van der Waals surface area contributed by atoms with E-state index in [4.69, 9.17) is 9.47 Å². The maximum Gasteiger partial charge on any atom is 0.266 e. The number of alkyl halides is 4. The van der Waals surface area contributed by atoms with Gasteiger partial charge in [-0.25, -0.2) is 36.9 Å². The zero-order chi connectivity index (χ0) is 26.7. The van der Waals surface area contributed by atoms with Crippen LogP contribution in [0.3, 0.4) is 0 Å². The van der Waals surface area contributed by atoms with Gasteiger partial charge in [0.2, 0.25) is 5.91 Å². The lowest BCUT2D eigenvalue weighted by Crippen LogP contribution is -2.49. The van der Waals surface area contributed by atoms with Crippen LogP contribution < -0.4 is 10.7 Å². The number of rotatable bonds is 8. The van der Waals surface area contributed by atoms with E-state index in [0.29, 0.717) is 11.4 Å². The van der Waals surface area contributed by atoms with Crippen LogP contribution >= 0.6 is 0 Å². The third-order valence-electron chi connectivity index (χ3n) is 6.21. The maximum absolute atomic E-state index is 14.8. The predicted molar refractivity (Wildman–Crippen MR) is 122 cm³/mol. The van der Waals surface area contributed by atoms with E-state index in [1.807, 2.05) is 0 Å². The van der Waals surface area contributed by atoms with Gasteiger partial charge in [-0.2, -0.15) is 0 Å². The number of amides is 1. The summed E-state index contributed by atoms with van der Waals surface area (Å²) < 4.78 is 79.3. The van der Waals surface area contributed by atoms with Crippen molar-refractivity contribution >= 4 is 11.7 Å². The minimum Gasteiger partial charge on any atom is -0.363 e. The number of carbonyl (C=O) groups excluding carboxylic acids is 1. The molecular weight excluding hydrogens is 501 g/mol. The molecule has 0 bridgehead atoms. The predicted octanol–water partition coefficient (Wildman–Crippen LogP) is 4.39. The van der Waals surface area contributed by atoms with Crippen LogP contribution in [-0.4, -0.2) is 53.1 Å². The molecule has 0 aliphatic carbocycles. The molecule has 0 spiro atoms. The number of nitrogens with zero attached hydrogens (tertiary/aromatic N) is 3. The number of aryl methyl sites for hydroxylation is 1. The van der Waals surface area contributed by atoms with Crippen LogP contribution in [0.2, 0.25) is 0 Å². The van der Waals surface area contributed by atoms with E-state index in [9.17, 15) is 26.7 Å². The van der Waals surface area contributed by atoms with Crippen molar-refractivity contribution in [3.05, 3.63) is 52.2 Å². The average molecular weight is 530 g/mol. The van der Waals surface area contributed by atoms with Crippen LogP contribution in [0.25, 0.3) is 0 Å². The van der Waals surface area contributed by atoms with Gasteiger partial charge in [-0.15, -0.1) is 0 Å². The number of benzene rings is 1. The van der Waals surface area contributed by atoms with Gasteiger partial charge in [0.25, 0.3) is 12.3 Å². The van der Waals surface area contributed by atoms with E-state index in [1.54, 1.807) is 13.8 Å². The van der Waals surface area contributed by atoms with E-state index in [-0.39, 0.29) is 62.6 Å². The molecule has 1 amide bonds. The standard InChI is InChI=1S/C24H28F5N5O3/c1-13(15-4-3-5-16(20(15)25)21(26)27)30-22-19(23-36-10-11-37-23)17(31-14(2)32-22)12-18(35)33-34-8-6-24(28,29)7-9-34/h3-5,13,21,23H,6-12H2,1-2H3,(H,33,35)(H,30,31,32). The fraction of sp³-hybridized carbons (Fsp3) is 0.542. The molecule has 1 unspecified atom stereocenters. The van der Waals surface area contributed by atoms with Crippen LogP contribution in [-0.2, 0) is 20.7 Å². The molecule has 1 atom stereocenters. The van der Waals surface area contributed by atoms with Crippen molar-refractivity contribution in [1.29, 1.82) is 0 Å². The molecule has 3 heterocycles. The van der Waals surface area contributed by atoms with Gasteiger partial charge in [-0.1, -0.05) is 18.2 Å². The summed E-state index contributed by atoms with van der Waals surface area (Å²) in [6.07, 6.45) is -4.83. The van der Waals surface area contributed by atoms with Gasteiger partial charge in [-0.05, 0) is 13.8 Å². The van der Waals surface area contributed by atoms with Crippen molar-refractivity contribution in [2.45, 2.75) is 57.8 Å². The van der Waals surface area contributed by atoms with Gasteiger partial charge in [0.15, 0.2) is 6.29 Å². The molecule has 37 heavy (non-hydrogen) atoms. The molecule has 13 heteroatoms. The highest BCUT2D eigenvalue weighted by atomic mass is 19.3. The topological polar surface area (TPSA) is 88.6 Å². The van der Waals surface area contributed by atoms with E-state index in [2.05, 4.69) is 20.7 Å². The number of halogens is 5. The molecule has 1 aromatic heterocycles. The smallest absolute Gasteiger partial charge is 0.266 e. The summed E-state index contributed by atoms with van der Waals surface area (Å²) in [5.41, 5.74) is 2.53. The Labute approximate surface area is 210 Å². The first-order chi connectivity index (χ1) is 17.5. The van der Waals surface area contributed by atoms with Gasteiger partial charge >= 0.3 is 0 Å². The molecule has 2 aliphatic heterocycles. The number of hydrazine groups is 1. The van der Waals surface area contributed by atoms with Crippen molar-refractivity contribution < 1.29 is 36.2 Å². The molecule has 8 nitrogen and oxygen atoms in total. The molecule has 0 saturated carbocycles. The third-order valence-corrected chi connectivity index (χ3v) is 6.21. The number of anilines is 1. The first-order valence-corrected chi connectivity index (χ1v) is 11.9. The second-order valence-corrected chi connectivity index (χ2v) is 9.03. The highest BCUT2D eigenvalue weighted by molar-refractivity contribution is 5.78. The van der Waals surface area contributed by atoms with Crippen molar-refractivity contribution in [3.8, 4) is 0 Å². The Hall–Kier alpha value is -2.90. The van der Waals surface area contributed by atoms with E-state index in [0.717, 1.165) is 6.07 Å². The Kier molecular flexibility index (Phi) is 8.24. The monoisotopic (exact) mass is 529 g/mol. The van der Waals surface area contributed by atoms with Crippen LogP contribution in [0.1, 0.15) is 66.7 Å². The van der Waals surface area contributed by atoms with E-state index in [1.165, 1.54) is 17.1 Å². The number of nitrogens with one attached hydrogen (secondary N) is 2. The molecule has 202 valence electrons. The number of aromatic nitrogens is 2. The summed E-state index contributed by atoms with van der Waals surface area (Å²) in [5.74, 6) is -3.75. The molecule has 2 fully saturated rings. The van der Waals surface area contributed by atoms with Gasteiger partial charge in [0, 0.05) is 31.5 Å². The number of carbonyl (C=O) groups is 1. The number of hydrogen-bond donors (Lipinski definition) is 2. The summed E-state index contributed by atoms with van der Waals surface area (Å²) in [5, 5.41) is 4.47. The zero-order valence-electron chi connectivity index (χ0n) is 20.4. The fourth-order valence-corrected chi connectivity index (χ4v) is 4.32. The molecule has 2 saturated heterocycles. The van der Waals surface area contributed by atoms with E-state index >= 15 is 0 Å². The van der Waals surface area contributed by atoms with Crippen molar-refractivity contribution in [1.82, 2.24) is 20.4 Å². The molecule has 2 aliphatic rings. The Morgan fingerprint density at radius 2 is 1.81 bits per heavy atom. The van der Waals surface area contributed by atoms with Crippen LogP contribution in [0, 0.1) is 12.7 Å². The van der Waals surface area contributed by atoms with Gasteiger partial charge in [0.1, 0.15) is 17.5 Å². The van der Waals surface area contributed by atoms with Crippen molar-refractivity contribution in [3.63, 3.8) is 0 Å². The van der Waals surface area contributed by atoms with Crippen LogP contribution in [0.15, 0.2) is 18.2 Å². The van der Waals surface area contributed by atoms with Gasteiger partial charge in [0.05, 0.1) is 42.5 Å². The largest absolute Gasteiger partial charge is 0.363 e. The summed E-state index contributed by atoms with van der Waals surface area (Å²) in [6.45, 7) is 3.78. The molecule has 2 N–H and O–H groups in total. The minimum atomic E-state index is -2.97. The second kappa shape index (κ2) is 11.2. The molecule has 4 rings (SSSR count). The highest BCUT2D eigenvalue weighted by Gasteiger charge is 2.35. The molecule has 2 aromatic rings. The summed E-state index contributed by atoms with van der Waals surface area (Å²) >= 11 is 0. The first kappa shape index (κ1) is 27.1. The summed E-state index contributed by atoms with van der Waals surface area (Å²) in [6, 6.07) is 2.98. The minimum absolute atomic E-state index is 0.00877. The first-order valence-electron chi connectivity index (χ1n) is 11.9. The SMILES string of the molecule is Cc1nc(CC(=O)NN2CCC(F)(F)CC2)c(C2OCCO2)c(NC(C)c2cccc(C(F)F)c2F)n1.